The van der Waals surface area contributed by atoms with Gasteiger partial charge in [0, 0.05) is 30.2 Å². The number of rotatable bonds is 3. The van der Waals surface area contributed by atoms with Crippen LogP contribution in [0.3, 0.4) is 0 Å². The number of carbonyl (C=O) groups is 1. The van der Waals surface area contributed by atoms with Crippen LogP contribution >= 0.6 is 0 Å². The van der Waals surface area contributed by atoms with Crippen molar-refractivity contribution in [3.63, 3.8) is 0 Å². The van der Waals surface area contributed by atoms with E-state index in [4.69, 9.17) is 4.74 Å². The number of ether oxygens (including phenoxy) is 1. The largest absolute Gasteiger partial charge is 0.507 e. The Balaban J connectivity index is 1.97. The van der Waals surface area contributed by atoms with Crippen molar-refractivity contribution in [2.24, 2.45) is 0 Å². The first-order valence-electron chi connectivity index (χ1n) is 9.47. The summed E-state index contributed by atoms with van der Waals surface area (Å²) in [5.74, 6) is -0.0466. The lowest BCUT2D eigenvalue weighted by Crippen LogP contribution is -2.20. The molecule has 0 saturated heterocycles. The van der Waals surface area contributed by atoms with Gasteiger partial charge >= 0.3 is 5.97 Å². The number of fused-ring (bicyclic) bond motifs is 3. The van der Waals surface area contributed by atoms with Gasteiger partial charge < -0.3 is 9.84 Å². The Bertz CT molecular complexity index is 1060. The molecule has 0 amide bonds. The van der Waals surface area contributed by atoms with Crippen LogP contribution in [0.4, 0.5) is 0 Å². The first-order chi connectivity index (χ1) is 13.5. The van der Waals surface area contributed by atoms with Gasteiger partial charge in [0.1, 0.15) is 5.75 Å². The molecule has 1 N–H and O–H groups in total. The number of benzene rings is 2. The fraction of sp³-hybridized carbons (Fsp3) is 0.250. The second-order valence-corrected chi connectivity index (χ2v) is 7.45. The van der Waals surface area contributed by atoms with Gasteiger partial charge in [-0.2, -0.15) is 0 Å². The first-order valence-corrected chi connectivity index (χ1v) is 9.47. The number of hydrogen-bond donors (Lipinski definition) is 1. The molecule has 4 heteroatoms. The first kappa shape index (κ1) is 18.2. The lowest BCUT2D eigenvalue weighted by Gasteiger charge is -2.31. The van der Waals surface area contributed by atoms with Crippen LogP contribution in [-0.4, -0.2) is 22.7 Å². The van der Waals surface area contributed by atoms with E-state index in [1.165, 1.54) is 6.92 Å². The Kier molecular flexibility index (Phi) is 4.63. The molecule has 0 aliphatic heterocycles. The van der Waals surface area contributed by atoms with Crippen molar-refractivity contribution in [3.05, 3.63) is 70.9 Å². The molecule has 1 unspecified atom stereocenters. The average Bonchev–Trinajstić information content (AvgIpc) is 2.68. The average molecular weight is 373 g/mol. The van der Waals surface area contributed by atoms with Gasteiger partial charge in [-0.3, -0.25) is 9.78 Å². The zero-order valence-corrected chi connectivity index (χ0v) is 16.3. The number of aromatic hydroxyl groups is 1. The second kappa shape index (κ2) is 7.12. The second-order valence-electron chi connectivity index (χ2n) is 7.45. The number of hydrogen-bond acceptors (Lipinski definition) is 4. The minimum atomic E-state index is -0.293. The van der Waals surface area contributed by atoms with E-state index in [1.807, 2.05) is 31.2 Å². The summed E-state index contributed by atoms with van der Waals surface area (Å²) < 4.78 is 5.38. The molecule has 0 bridgehead atoms. The van der Waals surface area contributed by atoms with Gasteiger partial charge in [0.15, 0.2) is 0 Å². The smallest absolute Gasteiger partial charge is 0.302 e. The quantitative estimate of drug-likeness (QED) is 0.661. The van der Waals surface area contributed by atoms with E-state index in [9.17, 15) is 9.90 Å². The molecule has 4 nitrogen and oxygen atoms in total. The summed E-state index contributed by atoms with van der Waals surface area (Å²) >= 11 is 0. The van der Waals surface area contributed by atoms with Crippen LogP contribution in [0.15, 0.2) is 48.7 Å². The molecule has 2 aromatic carbocycles. The van der Waals surface area contributed by atoms with Gasteiger partial charge in [-0.05, 0) is 72.4 Å². The summed E-state index contributed by atoms with van der Waals surface area (Å²) in [4.78, 5) is 16.0. The van der Waals surface area contributed by atoms with Crippen LogP contribution in [0.5, 0.6) is 5.75 Å². The Labute approximate surface area is 164 Å². The highest BCUT2D eigenvalue weighted by molar-refractivity contribution is 5.86. The monoisotopic (exact) mass is 373 g/mol. The molecule has 4 rings (SSSR count). The number of nitrogens with zero attached hydrogens (tertiary/aromatic N) is 1. The molecule has 0 spiro atoms. The Morgan fingerprint density at radius 3 is 2.68 bits per heavy atom. The highest BCUT2D eigenvalue weighted by atomic mass is 16.5. The molecular weight excluding hydrogens is 350 g/mol. The number of carbonyl (C=O) groups excluding carboxylic acids is 1. The summed E-state index contributed by atoms with van der Waals surface area (Å²) in [6.45, 7) is 5.82. The van der Waals surface area contributed by atoms with Crippen molar-refractivity contribution >= 4 is 5.97 Å². The van der Waals surface area contributed by atoms with E-state index in [1.54, 1.807) is 12.3 Å². The van der Waals surface area contributed by atoms with Crippen LogP contribution in [0.2, 0.25) is 0 Å². The maximum Gasteiger partial charge on any atom is 0.302 e. The number of phenolic OH excluding ortho intramolecular Hbond substituents is 1. The molecule has 1 atom stereocenters. The predicted molar refractivity (Wildman–Crippen MR) is 109 cm³/mol. The van der Waals surface area contributed by atoms with Gasteiger partial charge in [-0.1, -0.05) is 18.2 Å². The van der Waals surface area contributed by atoms with Gasteiger partial charge in [0.2, 0.25) is 0 Å². The van der Waals surface area contributed by atoms with Gasteiger partial charge in [0.25, 0.3) is 0 Å². The Morgan fingerprint density at radius 1 is 1.18 bits per heavy atom. The van der Waals surface area contributed by atoms with Gasteiger partial charge in [0.05, 0.1) is 12.3 Å². The minimum Gasteiger partial charge on any atom is -0.507 e. The molecule has 28 heavy (non-hydrogen) atoms. The fourth-order valence-corrected chi connectivity index (χ4v) is 4.24. The maximum atomic E-state index is 11.4. The van der Waals surface area contributed by atoms with Crippen LogP contribution in [-0.2, 0) is 16.0 Å². The molecule has 3 aromatic rings. The lowest BCUT2D eigenvalue weighted by molar-refractivity contribution is -0.141. The molecule has 142 valence electrons. The molecule has 1 heterocycles. The van der Waals surface area contributed by atoms with Crippen LogP contribution in [0.1, 0.15) is 35.1 Å². The zero-order valence-electron chi connectivity index (χ0n) is 16.3. The molecule has 0 saturated carbocycles. The summed E-state index contributed by atoms with van der Waals surface area (Å²) in [5.41, 5.74) is 8.26. The van der Waals surface area contributed by atoms with Crippen LogP contribution in [0, 0.1) is 13.8 Å². The molecule has 1 aliphatic carbocycles. The van der Waals surface area contributed by atoms with Crippen molar-refractivity contribution in [2.45, 2.75) is 33.1 Å². The summed E-state index contributed by atoms with van der Waals surface area (Å²) in [6.07, 6.45) is 2.52. The SMILES string of the molecule is CC(=O)OCC1Cc2c(-c3ccccn3)cc(C)cc2-c2c(O)ccc(C)c21. The topological polar surface area (TPSA) is 59.4 Å². The number of phenols is 1. The van der Waals surface area contributed by atoms with Crippen LogP contribution < -0.4 is 0 Å². The normalized spacial score (nSPS) is 14.9. The number of esters is 1. The Hall–Kier alpha value is -3.14. The number of pyridine rings is 1. The molecule has 0 radical (unpaired) electrons. The third kappa shape index (κ3) is 3.15. The van der Waals surface area contributed by atoms with Gasteiger partial charge in [-0.25, -0.2) is 0 Å². The van der Waals surface area contributed by atoms with Crippen molar-refractivity contribution in [1.82, 2.24) is 4.98 Å². The maximum absolute atomic E-state index is 11.4. The minimum absolute atomic E-state index is 0.0105. The van der Waals surface area contributed by atoms with E-state index >= 15 is 0 Å². The molecule has 1 aliphatic rings. The fourth-order valence-electron chi connectivity index (χ4n) is 4.24. The summed E-state index contributed by atoms with van der Waals surface area (Å²) in [7, 11) is 0. The van der Waals surface area contributed by atoms with E-state index in [-0.39, 0.29) is 17.6 Å². The van der Waals surface area contributed by atoms with E-state index in [0.29, 0.717) is 6.61 Å². The lowest BCUT2D eigenvalue weighted by atomic mass is 9.74. The number of aryl methyl sites for hydroxylation is 2. The molecule has 1 aromatic heterocycles. The van der Waals surface area contributed by atoms with E-state index in [2.05, 4.69) is 24.0 Å². The predicted octanol–water partition coefficient (Wildman–Crippen LogP) is 4.94. The third-order valence-electron chi connectivity index (χ3n) is 5.39. The zero-order chi connectivity index (χ0) is 19.8. The van der Waals surface area contributed by atoms with Gasteiger partial charge in [-0.15, -0.1) is 0 Å². The third-order valence-corrected chi connectivity index (χ3v) is 5.39. The van der Waals surface area contributed by atoms with Crippen LogP contribution in [0.25, 0.3) is 22.4 Å². The summed E-state index contributed by atoms with van der Waals surface area (Å²) in [6, 6.07) is 13.8. The van der Waals surface area contributed by atoms with E-state index in [0.717, 1.165) is 51.1 Å². The van der Waals surface area contributed by atoms with E-state index < -0.39 is 0 Å². The van der Waals surface area contributed by atoms with Crippen molar-refractivity contribution in [1.29, 1.82) is 0 Å². The molecular formula is C24H23NO3. The Morgan fingerprint density at radius 2 is 1.96 bits per heavy atom. The number of aromatic nitrogens is 1. The molecule has 0 fully saturated rings. The standard InChI is InChI=1S/C24H23NO3/c1-14-10-19(21-6-4-5-9-25-21)18-12-17(13-28-16(3)26)23-15(2)7-8-22(27)24(23)20(18)11-14/h4-11,17,27H,12-13H2,1-3H3. The van der Waals surface area contributed by atoms with Crippen molar-refractivity contribution in [2.75, 3.05) is 6.61 Å². The van der Waals surface area contributed by atoms with Crippen molar-refractivity contribution in [3.8, 4) is 28.1 Å². The van der Waals surface area contributed by atoms with Crippen molar-refractivity contribution < 1.29 is 14.6 Å². The summed E-state index contributed by atoms with van der Waals surface area (Å²) in [5, 5.41) is 10.8. The highest BCUT2D eigenvalue weighted by Gasteiger charge is 2.31. The highest BCUT2D eigenvalue weighted by Crippen LogP contribution is 2.48.